The molecule has 5 nitrogen and oxygen atoms in total. The van der Waals surface area contributed by atoms with Gasteiger partial charge in [0.1, 0.15) is 6.10 Å². The number of carbonyl (C=O) groups is 1. The maximum Gasteiger partial charge on any atom is 0.414 e. The van der Waals surface area contributed by atoms with E-state index in [4.69, 9.17) is 9.84 Å². The molecule has 20 heavy (non-hydrogen) atoms. The number of aliphatic hydroxyl groups is 1. The molecule has 104 valence electrons. The molecule has 6 heteroatoms. The molecule has 3 rings (SSSR count). The Morgan fingerprint density at radius 2 is 2.30 bits per heavy atom. The lowest BCUT2D eigenvalue weighted by Crippen LogP contribution is -2.25. The Labute approximate surface area is 124 Å². The number of hydrogen-bond donors (Lipinski definition) is 1. The van der Waals surface area contributed by atoms with Crippen molar-refractivity contribution < 1.29 is 14.6 Å². The maximum absolute atomic E-state index is 11.7. The third-order valence-electron chi connectivity index (χ3n) is 3.82. The molecule has 2 fully saturated rings. The number of anilines is 1. The third-order valence-corrected chi connectivity index (χ3v) is 4.48. The van der Waals surface area contributed by atoms with E-state index in [9.17, 15) is 10.1 Å². The zero-order valence-electron chi connectivity index (χ0n) is 10.7. The number of halogens is 1. The van der Waals surface area contributed by atoms with Crippen LogP contribution in [0.15, 0.2) is 22.7 Å². The van der Waals surface area contributed by atoms with Gasteiger partial charge < -0.3 is 9.84 Å². The first-order valence-electron chi connectivity index (χ1n) is 6.40. The average molecular weight is 337 g/mol. The van der Waals surface area contributed by atoms with Crippen LogP contribution in [0, 0.1) is 11.3 Å². The molecule has 0 aromatic heterocycles. The second-order valence-corrected chi connectivity index (χ2v) is 6.01. The van der Waals surface area contributed by atoms with Crippen LogP contribution in [-0.2, 0) is 10.2 Å². The molecule has 1 atom stereocenters. The fourth-order valence-corrected chi connectivity index (χ4v) is 3.20. The van der Waals surface area contributed by atoms with Gasteiger partial charge >= 0.3 is 6.09 Å². The van der Waals surface area contributed by atoms with Gasteiger partial charge in [-0.3, -0.25) is 4.90 Å². The van der Waals surface area contributed by atoms with Crippen LogP contribution < -0.4 is 4.90 Å². The van der Waals surface area contributed by atoms with Crippen LogP contribution in [0.5, 0.6) is 0 Å². The minimum atomic E-state index is -0.477. The highest BCUT2D eigenvalue weighted by Crippen LogP contribution is 2.50. The first-order valence-corrected chi connectivity index (χ1v) is 7.19. The van der Waals surface area contributed by atoms with E-state index in [1.807, 2.05) is 18.2 Å². The minimum absolute atomic E-state index is 0.182. The molecule has 1 saturated carbocycles. The number of amides is 1. The summed E-state index contributed by atoms with van der Waals surface area (Å²) in [5.74, 6) is 0. The number of cyclic esters (lactones) is 1. The molecule has 1 N–H and O–H groups in total. The Balaban J connectivity index is 1.88. The standard InChI is InChI=1S/C14H13BrN2O3/c15-12-5-9(17-6-10(7-18)20-13(17)19)1-2-11(12)14(8-16)3-4-14/h1-2,5,10,18H,3-4,6-7H2. The zero-order valence-corrected chi connectivity index (χ0v) is 12.3. The molecular weight excluding hydrogens is 324 g/mol. The van der Waals surface area contributed by atoms with Crippen LogP contribution in [0.25, 0.3) is 0 Å². The lowest BCUT2D eigenvalue weighted by Gasteiger charge is -2.16. The number of nitriles is 1. The molecule has 1 unspecified atom stereocenters. The fourth-order valence-electron chi connectivity index (χ4n) is 2.45. The Morgan fingerprint density at radius 1 is 1.55 bits per heavy atom. The van der Waals surface area contributed by atoms with Gasteiger partial charge in [-0.15, -0.1) is 0 Å². The van der Waals surface area contributed by atoms with E-state index in [-0.39, 0.29) is 12.0 Å². The van der Waals surface area contributed by atoms with Crippen LogP contribution >= 0.6 is 15.9 Å². The Kier molecular flexibility index (Phi) is 3.19. The average Bonchev–Trinajstić information content (AvgIpc) is 3.15. The number of ether oxygens (including phenoxy) is 1. The second kappa shape index (κ2) is 4.76. The van der Waals surface area contributed by atoms with Crippen molar-refractivity contribution in [3.05, 3.63) is 28.2 Å². The van der Waals surface area contributed by atoms with Gasteiger partial charge in [0.2, 0.25) is 0 Å². The highest BCUT2D eigenvalue weighted by Gasteiger charge is 2.46. The summed E-state index contributed by atoms with van der Waals surface area (Å²) in [6, 6.07) is 7.88. The molecule has 0 radical (unpaired) electrons. The third kappa shape index (κ3) is 2.07. The predicted octanol–water partition coefficient (Wildman–Crippen LogP) is 2.32. The predicted molar refractivity (Wildman–Crippen MR) is 75.4 cm³/mol. The number of nitrogens with zero attached hydrogens (tertiary/aromatic N) is 2. The van der Waals surface area contributed by atoms with E-state index in [1.54, 1.807) is 0 Å². The van der Waals surface area contributed by atoms with Crippen LogP contribution in [0.3, 0.4) is 0 Å². The number of hydrogen-bond acceptors (Lipinski definition) is 4. The van der Waals surface area contributed by atoms with Gasteiger partial charge in [0.25, 0.3) is 0 Å². The summed E-state index contributed by atoms with van der Waals surface area (Å²) in [6.07, 6.45) is 0.819. The van der Waals surface area contributed by atoms with Gasteiger partial charge in [-0.2, -0.15) is 5.26 Å². The lowest BCUT2D eigenvalue weighted by molar-refractivity contribution is 0.0963. The van der Waals surface area contributed by atoms with Crippen molar-refractivity contribution in [2.45, 2.75) is 24.4 Å². The molecular formula is C14H13BrN2O3. The molecule has 1 aromatic carbocycles. The normalized spacial score (nSPS) is 23.4. The molecule has 0 spiro atoms. The van der Waals surface area contributed by atoms with Crippen molar-refractivity contribution in [3.8, 4) is 6.07 Å². The fraction of sp³-hybridized carbons (Fsp3) is 0.429. The Morgan fingerprint density at radius 3 is 2.80 bits per heavy atom. The molecule has 1 amide bonds. The maximum atomic E-state index is 11.7. The molecule has 1 aromatic rings. The molecule has 0 bridgehead atoms. The van der Waals surface area contributed by atoms with E-state index in [1.165, 1.54) is 4.90 Å². The van der Waals surface area contributed by atoms with E-state index in [0.29, 0.717) is 12.2 Å². The SMILES string of the molecule is N#CC1(c2ccc(N3CC(CO)OC3=O)cc2Br)CC1. The Bertz CT molecular complexity index is 607. The van der Waals surface area contributed by atoms with Crippen molar-refractivity contribution in [2.75, 3.05) is 18.1 Å². The van der Waals surface area contributed by atoms with Gasteiger partial charge in [0, 0.05) is 10.2 Å². The van der Waals surface area contributed by atoms with Crippen molar-refractivity contribution >= 4 is 27.7 Å². The summed E-state index contributed by atoms with van der Waals surface area (Å²) >= 11 is 3.48. The first kappa shape index (κ1) is 13.4. The molecule has 1 aliphatic carbocycles. The van der Waals surface area contributed by atoms with Crippen LogP contribution in [0.4, 0.5) is 10.5 Å². The summed E-state index contributed by atoms with van der Waals surface area (Å²) < 4.78 is 5.85. The number of carbonyl (C=O) groups excluding carboxylic acids is 1. The molecule has 1 aliphatic heterocycles. The molecule has 1 saturated heterocycles. The van der Waals surface area contributed by atoms with Crippen molar-refractivity contribution in [2.24, 2.45) is 0 Å². The highest BCUT2D eigenvalue weighted by atomic mass is 79.9. The van der Waals surface area contributed by atoms with Gasteiger partial charge in [0.15, 0.2) is 0 Å². The van der Waals surface area contributed by atoms with Gasteiger partial charge in [-0.25, -0.2) is 4.79 Å². The van der Waals surface area contributed by atoms with Crippen LogP contribution in [0.1, 0.15) is 18.4 Å². The van der Waals surface area contributed by atoms with Crippen molar-refractivity contribution in [1.29, 1.82) is 5.26 Å². The quantitative estimate of drug-likeness (QED) is 0.919. The van der Waals surface area contributed by atoms with Crippen LogP contribution in [-0.4, -0.2) is 30.5 Å². The second-order valence-electron chi connectivity index (χ2n) is 5.16. The van der Waals surface area contributed by atoms with Gasteiger partial charge in [0.05, 0.1) is 24.6 Å². The zero-order chi connectivity index (χ0) is 14.3. The minimum Gasteiger partial charge on any atom is -0.441 e. The smallest absolute Gasteiger partial charge is 0.414 e. The largest absolute Gasteiger partial charge is 0.441 e. The lowest BCUT2D eigenvalue weighted by atomic mass is 9.97. The number of rotatable bonds is 3. The van der Waals surface area contributed by atoms with Gasteiger partial charge in [-0.05, 0) is 30.5 Å². The summed E-state index contributed by atoms with van der Waals surface area (Å²) in [5.41, 5.74) is 1.31. The Hall–Kier alpha value is -1.58. The summed E-state index contributed by atoms with van der Waals surface area (Å²) in [7, 11) is 0. The summed E-state index contributed by atoms with van der Waals surface area (Å²) in [6.45, 7) is 0.156. The van der Waals surface area contributed by atoms with E-state index < -0.39 is 12.2 Å². The topological polar surface area (TPSA) is 73.6 Å². The van der Waals surface area contributed by atoms with Crippen molar-refractivity contribution in [3.63, 3.8) is 0 Å². The highest BCUT2D eigenvalue weighted by molar-refractivity contribution is 9.10. The number of aliphatic hydroxyl groups excluding tert-OH is 1. The van der Waals surface area contributed by atoms with Crippen molar-refractivity contribution in [1.82, 2.24) is 0 Å². The van der Waals surface area contributed by atoms with E-state index >= 15 is 0 Å². The first-order chi connectivity index (χ1) is 9.59. The van der Waals surface area contributed by atoms with E-state index in [2.05, 4.69) is 22.0 Å². The molecule has 2 aliphatic rings. The summed E-state index contributed by atoms with van der Waals surface area (Å²) in [4.78, 5) is 13.2. The summed E-state index contributed by atoms with van der Waals surface area (Å²) in [5, 5.41) is 18.3. The van der Waals surface area contributed by atoms with Gasteiger partial charge in [-0.1, -0.05) is 22.0 Å². The number of benzene rings is 1. The van der Waals surface area contributed by atoms with E-state index in [0.717, 1.165) is 22.9 Å². The monoisotopic (exact) mass is 336 g/mol. The van der Waals surface area contributed by atoms with Crippen LogP contribution in [0.2, 0.25) is 0 Å². The molecule has 1 heterocycles.